The Labute approximate surface area is 202 Å². The predicted molar refractivity (Wildman–Crippen MR) is 130 cm³/mol. The van der Waals surface area contributed by atoms with Gasteiger partial charge in [0.2, 0.25) is 11.8 Å². The number of fused-ring (bicyclic) bond motifs is 5. The molecule has 174 valence electrons. The number of aryl methyl sites for hydroxylation is 1. The third kappa shape index (κ3) is 3.11. The van der Waals surface area contributed by atoms with Crippen molar-refractivity contribution in [3.05, 3.63) is 95.1 Å². The van der Waals surface area contributed by atoms with Crippen molar-refractivity contribution in [1.29, 1.82) is 0 Å². The first-order chi connectivity index (χ1) is 17.0. The summed E-state index contributed by atoms with van der Waals surface area (Å²) in [5.74, 6) is -1.82. The maximum Gasteiger partial charge on any atom is 0.240 e. The predicted octanol–water partition coefficient (Wildman–Crippen LogP) is 3.77. The zero-order chi connectivity index (χ0) is 24.3. The van der Waals surface area contributed by atoms with Crippen molar-refractivity contribution in [3.8, 4) is 5.75 Å². The summed E-state index contributed by atoms with van der Waals surface area (Å²) in [5, 5.41) is 6.27. The molecule has 2 fully saturated rings. The normalized spacial score (nSPS) is 24.3. The van der Waals surface area contributed by atoms with Gasteiger partial charge in [0.05, 0.1) is 36.9 Å². The number of methoxy groups -OCH3 is 1. The van der Waals surface area contributed by atoms with Crippen molar-refractivity contribution in [2.45, 2.75) is 19.0 Å². The molecule has 0 unspecified atom stereocenters. The van der Waals surface area contributed by atoms with Gasteiger partial charge in [-0.05, 0) is 54.4 Å². The summed E-state index contributed by atoms with van der Waals surface area (Å²) in [4.78, 5) is 42.8. The minimum Gasteiger partial charge on any atom is -0.497 e. The highest BCUT2D eigenvalue weighted by Crippen LogP contribution is 2.53. The minimum absolute atomic E-state index is 0.242. The summed E-state index contributed by atoms with van der Waals surface area (Å²) >= 11 is 0. The van der Waals surface area contributed by atoms with Gasteiger partial charge in [0.1, 0.15) is 11.8 Å². The van der Waals surface area contributed by atoms with Gasteiger partial charge in [-0.25, -0.2) is 4.90 Å². The number of hydrazone groups is 1. The van der Waals surface area contributed by atoms with E-state index in [2.05, 4.69) is 5.10 Å². The molecule has 35 heavy (non-hydrogen) atoms. The molecule has 0 saturated carbocycles. The molecule has 6 rings (SSSR count). The molecule has 0 aromatic heterocycles. The summed E-state index contributed by atoms with van der Waals surface area (Å²) < 4.78 is 5.22. The number of ketones is 1. The van der Waals surface area contributed by atoms with Crippen molar-refractivity contribution in [2.24, 2.45) is 16.9 Å². The number of carbonyl (C=O) groups is 3. The molecule has 7 heteroatoms. The van der Waals surface area contributed by atoms with E-state index in [4.69, 9.17) is 4.74 Å². The summed E-state index contributed by atoms with van der Waals surface area (Å²) in [6.07, 6.45) is 1.70. The number of ether oxygens (including phenoxy) is 1. The van der Waals surface area contributed by atoms with Gasteiger partial charge in [-0.1, -0.05) is 42.0 Å². The fourth-order valence-electron chi connectivity index (χ4n) is 5.54. The Morgan fingerprint density at radius 3 is 2.29 bits per heavy atom. The van der Waals surface area contributed by atoms with Crippen molar-refractivity contribution in [1.82, 2.24) is 5.01 Å². The summed E-state index contributed by atoms with van der Waals surface area (Å²) in [7, 11) is 1.56. The topological polar surface area (TPSA) is 79.3 Å². The zero-order valence-electron chi connectivity index (χ0n) is 19.3. The maximum absolute atomic E-state index is 13.9. The number of carbonyl (C=O) groups excluding carboxylic acids is 3. The lowest BCUT2D eigenvalue weighted by Gasteiger charge is -2.33. The van der Waals surface area contributed by atoms with Crippen molar-refractivity contribution >= 4 is 29.5 Å². The molecular weight excluding hydrogens is 442 g/mol. The molecule has 3 aliphatic heterocycles. The second kappa shape index (κ2) is 7.91. The highest BCUT2D eigenvalue weighted by atomic mass is 16.5. The summed E-state index contributed by atoms with van der Waals surface area (Å²) in [6.45, 7) is 1.95. The smallest absolute Gasteiger partial charge is 0.240 e. The van der Waals surface area contributed by atoms with E-state index in [9.17, 15) is 14.4 Å². The average molecular weight is 466 g/mol. The van der Waals surface area contributed by atoms with Crippen molar-refractivity contribution in [2.75, 3.05) is 12.0 Å². The monoisotopic (exact) mass is 465 g/mol. The molecule has 3 aromatic carbocycles. The first-order valence-electron chi connectivity index (χ1n) is 11.5. The molecule has 3 heterocycles. The van der Waals surface area contributed by atoms with Gasteiger partial charge in [-0.2, -0.15) is 5.10 Å². The number of nitrogens with zero attached hydrogens (tertiary/aromatic N) is 3. The second-order valence-corrected chi connectivity index (χ2v) is 9.13. The zero-order valence-corrected chi connectivity index (χ0v) is 19.3. The van der Waals surface area contributed by atoms with Gasteiger partial charge >= 0.3 is 0 Å². The van der Waals surface area contributed by atoms with E-state index in [1.807, 2.05) is 43.3 Å². The SMILES string of the molecule is COc1ccc(C(=O)[C@H]2[C@H]3C(=O)N(c4ccc(C)cc4)C(=O)[C@H]3[C@H]3c4ccccc4C=NN32)cc1. The average Bonchev–Trinajstić information content (AvgIpc) is 3.37. The van der Waals surface area contributed by atoms with E-state index in [1.165, 1.54) is 4.90 Å². The van der Waals surface area contributed by atoms with Gasteiger partial charge in [0.25, 0.3) is 0 Å². The fourth-order valence-corrected chi connectivity index (χ4v) is 5.54. The number of anilines is 1. The lowest BCUT2D eigenvalue weighted by Crippen LogP contribution is -2.44. The summed E-state index contributed by atoms with van der Waals surface area (Å²) in [5.41, 5.74) is 3.78. The van der Waals surface area contributed by atoms with Crippen LogP contribution in [-0.2, 0) is 9.59 Å². The fraction of sp³-hybridized carbons (Fsp3) is 0.214. The molecule has 3 aromatic rings. The van der Waals surface area contributed by atoms with Crippen LogP contribution in [-0.4, -0.2) is 42.0 Å². The Bertz CT molecular complexity index is 1380. The number of rotatable bonds is 4. The van der Waals surface area contributed by atoms with Gasteiger partial charge < -0.3 is 4.74 Å². The lowest BCUT2D eigenvalue weighted by atomic mass is 9.83. The quantitative estimate of drug-likeness (QED) is 0.433. The molecule has 0 aliphatic carbocycles. The molecule has 4 atom stereocenters. The number of imide groups is 1. The number of benzene rings is 3. The van der Waals surface area contributed by atoms with Crippen LogP contribution in [0.15, 0.2) is 77.9 Å². The molecular formula is C28H23N3O4. The molecule has 2 amide bonds. The molecule has 0 spiro atoms. The Kier molecular flexibility index (Phi) is 4.81. The van der Waals surface area contributed by atoms with Crippen LogP contribution in [0.25, 0.3) is 0 Å². The minimum atomic E-state index is -0.894. The first kappa shape index (κ1) is 21.3. The largest absolute Gasteiger partial charge is 0.497 e. The molecule has 0 bridgehead atoms. The van der Waals surface area contributed by atoms with Gasteiger partial charge in [-0.15, -0.1) is 0 Å². The molecule has 2 saturated heterocycles. The van der Waals surface area contributed by atoms with Crippen molar-refractivity contribution in [3.63, 3.8) is 0 Å². The third-order valence-electron chi connectivity index (χ3n) is 7.23. The highest BCUT2D eigenvalue weighted by molar-refractivity contribution is 6.24. The van der Waals surface area contributed by atoms with Gasteiger partial charge in [-0.3, -0.25) is 19.4 Å². The van der Waals surface area contributed by atoms with E-state index in [0.717, 1.165) is 16.7 Å². The Morgan fingerprint density at radius 2 is 1.57 bits per heavy atom. The Balaban J connectivity index is 1.47. The third-order valence-corrected chi connectivity index (χ3v) is 7.23. The van der Waals surface area contributed by atoms with Crippen LogP contribution in [0.4, 0.5) is 5.69 Å². The van der Waals surface area contributed by atoms with Crippen LogP contribution in [0.5, 0.6) is 5.75 Å². The van der Waals surface area contributed by atoms with E-state index < -0.39 is 23.9 Å². The number of hydrogen-bond acceptors (Lipinski definition) is 6. The number of hydrogen-bond donors (Lipinski definition) is 0. The van der Waals surface area contributed by atoms with E-state index in [0.29, 0.717) is 17.0 Å². The van der Waals surface area contributed by atoms with Crippen LogP contribution in [0.3, 0.4) is 0 Å². The molecule has 7 nitrogen and oxygen atoms in total. The number of Topliss-reactive ketones (excluding diaryl/α,β-unsaturated/α-hetero) is 1. The highest BCUT2D eigenvalue weighted by Gasteiger charge is 2.65. The molecule has 0 N–H and O–H groups in total. The second-order valence-electron chi connectivity index (χ2n) is 9.13. The van der Waals surface area contributed by atoms with E-state index in [-0.39, 0.29) is 17.6 Å². The van der Waals surface area contributed by atoms with Gasteiger partial charge in [0, 0.05) is 5.56 Å². The van der Waals surface area contributed by atoms with Crippen LogP contribution >= 0.6 is 0 Å². The lowest BCUT2D eigenvalue weighted by molar-refractivity contribution is -0.124. The van der Waals surface area contributed by atoms with Crippen LogP contribution < -0.4 is 9.64 Å². The van der Waals surface area contributed by atoms with Crippen LogP contribution in [0.2, 0.25) is 0 Å². The van der Waals surface area contributed by atoms with Gasteiger partial charge in [0.15, 0.2) is 5.78 Å². The maximum atomic E-state index is 13.9. The standard InChI is InChI=1S/C28H23N3O4/c1-16-7-11-19(12-8-16)30-27(33)22-23(28(30)34)25(26(32)17-9-13-20(35-2)14-10-17)31-24(22)21-6-4-3-5-18(21)15-29-31/h3-15,22-25H,1-2H3/t22-,23+,24-,25-/m1/s1. The Hall–Kier alpha value is -4.26. The number of amides is 2. The molecule has 0 radical (unpaired) electrons. The van der Waals surface area contributed by atoms with E-state index in [1.54, 1.807) is 54.7 Å². The van der Waals surface area contributed by atoms with Crippen LogP contribution in [0.1, 0.15) is 33.1 Å². The summed E-state index contributed by atoms with van der Waals surface area (Å²) in [6, 6.07) is 20.4. The van der Waals surface area contributed by atoms with Crippen LogP contribution in [0, 0.1) is 18.8 Å². The van der Waals surface area contributed by atoms with E-state index >= 15 is 0 Å². The first-order valence-corrected chi connectivity index (χ1v) is 11.5. The molecule has 3 aliphatic rings. The Morgan fingerprint density at radius 1 is 0.886 bits per heavy atom. The van der Waals surface area contributed by atoms with Crippen molar-refractivity contribution < 1.29 is 19.1 Å².